The van der Waals surface area contributed by atoms with Gasteiger partial charge in [0, 0.05) is 17.6 Å². The Balaban J connectivity index is 2.64. The normalized spacial score (nSPS) is 12.2. The lowest BCUT2D eigenvalue weighted by molar-refractivity contribution is 0.0935. The van der Waals surface area contributed by atoms with Crippen LogP contribution in [0.5, 0.6) is 0 Å². The van der Waals surface area contributed by atoms with Gasteiger partial charge in [-0.2, -0.15) is 0 Å². The lowest BCUT2D eigenvalue weighted by atomic mass is 10.2. The summed E-state index contributed by atoms with van der Waals surface area (Å²) in [5, 5.41) is 4.13. The summed E-state index contributed by atoms with van der Waals surface area (Å²) >= 11 is 9.01. The Hall–Kier alpha value is -0.610. The number of pyridine rings is 1. The molecule has 0 spiro atoms. The maximum Gasteiger partial charge on any atom is 0.270 e. The van der Waals surface area contributed by atoms with Crippen LogP contribution in [0.3, 0.4) is 0 Å². The second-order valence-corrected chi connectivity index (χ2v) is 4.18. The minimum Gasteiger partial charge on any atom is -0.347 e. The summed E-state index contributed by atoms with van der Waals surface area (Å²) in [7, 11) is 0. The van der Waals surface area contributed by atoms with Crippen molar-refractivity contribution in [3.63, 3.8) is 0 Å². The Morgan fingerprint density at radius 1 is 1.67 bits per heavy atom. The van der Waals surface area contributed by atoms with Crippen LogP contribution in [0.1, 0.15) is 23.8 Å². The smallest absolute Gasteiger partial charge is 0.270 e. The van der Waals surface area contributed by atoms with Crippen molar-refractivity contribution in [3.05, 3.63) is 29.0 Å². The fourth-order valence-corrected chi connectivity index (χ4v) is 1.75. The molecular weight excluding hydrogens is 279 g/mol. The number of carbonyl (C=O) groups excluding carboxylic acids is 1. The van der Waals surface area contributed by atoms with Crippen LogP contribution in [0.4, 0.5) is 0 Å². The molecule has 5 heteroatoms. The number of carbonyl (C=O) groups is 1. The van der Waals surface area contributed by atoms with Crippen molar-refractivity contribution in [1.29, 1.82) is 0 Å². The number of nitrogens with zero attached hydrogens (tertiary/aromatic N) is 1. The number of amides is 1. The quantitative estimate of drug-likeness (QED) is 0.867. The fourth-order valence-electron chi connectivity index (χ4n) is 1.02. The second-order valence-electron chi connectivity index (χ2n) is 3.09. The molecule has 1 unspecified atom stereocenters. The first kappa shape index (κ1) is 12.5. The fraction of sp³-hybridized carbons (Fsp3) is 0.400. The lowest BCUT2D eigenvalue weighted by Gasteiger charge is -2.13. The van der Waals surface area contributed by atoms with Crippen molar-refractivity contribution in [3.8, 4) is 0 Å². The van der Waals surface area contributed by atoms with E-state index in [0.29, 0.717) is 10.7 Å². The number of halogens is 2. The molecule has 1 atom stereocenters. The van der Waals surface area contributed by atoms with Crippen molar-refractivity contribution in [2.45, 2.75) is 19.4 Å². The maximum atomic E-state index is 11.6. The highest BCUT2D eigenvalue weighted by Crippen LogP contribution is 2.06. The molecule has 0 bridgehead atoms. The predicted octanol–water partition coefficient (Wildman–Crippen LogP) is 2.64. The maximum absolute atomic E-state index is 11.6. The molecule has 0 radical (unpaired) electrons. The summed E-state index contributed by atoms with van der Waals surface area (Å²) in [6.45, 7) is 2.02. The van der Waals surface area contributed by atoms with Crippen LogP contribution >= 0.6 is 27.5 Å². The number of rotatable bonds is 4. The van der Waals surface area contributed by atoms with Crippen LogP contribution in [-0.4, -0.2) is 22.3 Å². The van der Waals surface area contributed by atoms with Gasteiger partial charge in [0.1, 0.15) is 5.69 Å². The molecule has 3 nitrogen and oxygen atoms in total. The second kappa shape index (κ2) is 6.08. The summed E-state index contributed by atoms with van der Waals surface area (Å²) in [6, 6.07) is 3.40. The molecule has 15 heavy (non-hydrogen) atoms. The zero-order chi connectivity index (χ0) is 11.3. The van der Waals surface area contributed by atoms with E-state index in [2.05, 4.69) is 26.2 Å². The van der Waals surface area contributed by atoms with Crippen molar-refractivity contribution in [1.82, 2.24) is 10.3 Å². The van der Waals surface area contributed by atoms with E-state index in [1.165, 1.54) is 6.20 Å². The molecule has 1 aromatic heterocycles. The summed E-state index contributed by atoms with van der Waals surface area (Å²) in [6.07, 6.45) is 2.34. The summed E-state index contributed by atoms with van der Waals surface area (Å²) < 4.78 is 0. The Labute approximate surface area is 102 Å². The van der Waals surface area contributed by atoms with Gasteiger partial charge in [0.15, 0.2) is 0 Å². The topological polar surface area (TPSA) is 42.0 Å². The molecule has 0 aliphatic rings. The zero-order valence-electron chi connectivity index (χ0n) is 8.34. The van der Waals surface area contributed by atoms with E-state index in [0.717, 1.165) is 11.8 Å². The van der Waals surface area contributed by atoms with Crippen molar-refractivity contribution < 1.29 is 4.79 Å². The van der Waals surface area contributed by atoms with Crippen LogP contribution in [0.15, 0.2) is 18.3 Å². The van der Waals surface area contributed by atoms with E-state index in [4.69, 9.17) is 11.6 Å². The van der Waals surface area contributed by atoms with Gasteiger partial charge in [0.05, 0.1) is 5.02 Å². The molecular formula is C10H12BrClN2O. The number of aromatic nitrogens is 1. The SMILES string of the molecule is CCC(CBr)NC(=O)c1ccc(Cl)cn1. The molecule has 0 saturated carbocycles. The van der Waals surface area contributed by atoms with E-state index >= 15 is 0 Å². The van der Waals surface area contributed by atoms with E-state index in [-0.39, 0.29) is 11.9 Å². The van der Waals surface area contributed by atoms with Crippen LogP contribution in [0.2, 0.25) is 5.02 Å². The van der Waals surface area contributed by atoms with E-state index in [1.54, 1.807) is 12.1 Å². The van der Waals surface area contributed by atoms with E-state index in [1.807, 2.05) is 6.92 Å². The first-order valence-corrected chi connectivity index (χ1v) is 6.15. The minimum atomic E-state index is -0.169. The standard InChI is InChI=1S/C10H12BrClN2O/c1-2-8(5-11)14-10(15)9-4-3-7(12)6-13-9/h3-4,6,8H,2,5H2,1H3,(H,14,15). The van der Waals surface area contributed by atoms with Gasteiger partial charge < -0.3 is 5.32 Å². The Morgan fingerprint density at radius 2 is 2.40 bits per heavy atom. The zero-order valence-corrected chi connectivity index (χ0v) is 10.7. The molecule has 1 rings (SSSR count). The molecule has 1 heterocycles. The molecule has 0 aliphatic heterocycles. The lowest BCUT2D eigenvalue weighted by Crippen LogP contribution is -2.35. The van der Waals surface area contributed by atoms with Crippen LogP contribution in [0, 0.1) is 0 Å². The van der Waals surface area contributed by atoms with Crippen molar-refractivity contribution in [2.75, 3.05) is 5.33 Å². The van der Waals surface area contributed by atoms with Gasteiger partial charge in [-0.3, -0.25) is 4.79 Å². The highest BCUT2D eigenvalue weighted by atomic mass is 79.9. The van der Waals surface area contributed by atoms with Gasteiger partial charge in [-0.1, -0.05) is 34.5 Å². The Morgan fingerprint density at radius 3 is 2.87 bits per heavy atom. The molecule has 1 N–H and O–H groups in total. The summed E-state index contributed by atoms with van der Waals surface area (Å²) in [5.41, 5.74) is 0.388. The number of hydrogen-bond donors (Lipinski definition) is 1. The highest BCUT2D eigenvalue weighted by Gasteiger charge is 2.11. The number of alkyl halides is 1. The number of nitrogens with one attached hydrogen (secondary N) is 1. The van der Waals surface area contributed by atoms with Gasteiger partial charge in [-0.15, -0.1) is 0 Å². The first-order chi connectivity index (χ1) is 7.17. The van der Waals surface area contributed by atoms with E-state index < -0.39 is 0 Å². The molecule has 0 fully saturated rings. The van der Waals surface area contributed by atoms with Crippen LogP contribution in [-0.2, 0) is 0 Å². The van der Waals surface area contributed by atoms with Gasteiger partial charge in [-0.05, 0) is 18.6 Å². The Kier molecular flexibility index (Phi) is 5.05. The van der Waals surface area contributed by atoms with Gasteiger partial charge >= 0.3 is 0 Å². The highest BCUT2D eigenvalue weighted by molar-refractivity contribution is 9.09. The third kappa shape index (κ3) is 3.80. The third-order valence-corrected chi connectivity index (χ3v) is 2.98. The molecule has 82 valence electrons. The summed E-state index contributed by atoms with van der Waals surface area (Å²) in [4.78, 5) is 15.6. The largest absolute Gasteiger partial charge is 0.347 e. The molecule has 1 amide bonds. The molecule has 0 saturated heterocycles. The monoisotopic (exact) mass is 290 g/mol. The van der Waals surface area contributed by atoms with Crippen molar-refractivity contribution >= 4 is 33.4 Å². The predicted molar refractivity (Wildman–Crippen MR) is 64.6 cm³/mol. The first-order valence-electron chi connectivity index (χ1n) is 4.65. The Bertz CT molecular complexity index is 325. The van der Waals surface area contributed by atoms with Gasteiger partial charge in [0.25, 0.3) is 5.91 Å². The van der Waals surface area contributed by atoms with Crippen molar-refractivity contribution in [2.24, 2.45) is 0 Å². The summed E-state index contributed by atoms with van der Waals surface area (Å²) in [5.74, 6) is -0.169. The molecule has 1 aromatic rings. The average Bonchev–Trinajstić information content (AvgIpc) is 2.26. The van der Waals surface area contributed by atoms with Crippen LogP contribution in [0.25, 0.3) is 0 Å². The third-order valence-electron chi connectivity index (χ3n) is 1.97. The van der Waals surface area contributed by atoms with Crippen LogP contribution < -0.4 is 5.32 Å². The molecule has 0 aliphatic carbocycles. The van der Waals surface area contributed by atoms with E-state index in [9.17, 15) is 4.79 Å². The number of hydrogen-bond acceptors (Lipinski definition) is 2. The molecule has 0 aromatic carbocycles. The average molecular weight is 292 g/mol. The minimum absolute atomic E-state index is 0.134. The van der Waals surface area contributed by atoms with Gasteiger partial charge in [-0.25, -0.2) is 4.98 Å². The van der Waals surface area contributed by atoms with Gasteiger partial charge in [0.2, 0.25) is 0 Å².